The minimum absolute atomic E-state index is 0.00765. The number of nitrogens with zero attached hydrogens (tertiary/aromatic N) is 1. The summed E-state index contributed by atoms with van der Waals surface area (Å²) in [5.41, 5.74) is 0. The third-order valence-corrected chi connectivity index (χ3v) is 11.1. The van der Waals surface area contributed by atoms with Crippen LogP contribution < -0.4 is 10.6 Å². The molecule has 0 aromatic rings. The van der Waals surface area contributed by atoms with Crippen LogP contribution >= 0.6 is 0 Å². The van der Waals surface area contributed by atoms with E-state index in [2.05, 4.69) is 57.7 Å². The Kier molecular flexibility index (Phi) is 12.3. The topological polar surface area (TPSA) is 123 Å². The molecule has 1 aliphatic heterocycles. The Hall–Kier alpha value is -2.66. The van der Waals surface area contributed by atoms with Crippen LogP contribution in [0.5, 0.6) is 0 Å². The first-order valence-electron chi connectivity index (χ1n) is 12.3. The van der Waals surface area contributed by atoms with Crippen LogP contribution in [0, 0.1) is 5.92 Å². The summed E-state index contributed by atoms with van der Waals surface area (Å²) >= 11 is 0. The molecule has 11 heteroatoms. The average Bonchev–Trinajstić information content (AvgIpc) is 2.76. The second kappa shape index (κ2) is 14.2. The lowest BCUT2D eigenvalue weighted by Gasteiger charge is -2.45. The SMILES string of the molecule is C=CCOC(=O)NCCN(CCC(=O)C[C@H]1NC(=O)[C@@H]1[C@@H](C)O[Si](C)(C)C(C)(C)C)C(=O)OCC=C. The van der Waals surface area contributed by atoms with Crippen molar-refractivity contribution in [1.29, 1.82) is 0 Å². The third-order valence-electron chi connectivity index (χ3n) is 6.53. The molecular formula is C25H43N3O7Si. The molecule has 3 atom stereocenters. The summed E-state index contributed by atoms with van der Waals surface area (Å²) in [6.45, 7) is 20.0. The van der Waals surface area contributed by atoms with Crippen molar-refractivity contribution in [1.82, 2.24) is 15.5 Å². The highest BCUT2D eigenvalue weighted by atomic mass is 28.4. The Bertz CT molecular complexity index is 810. The lowest BCUT2D eigenvalue weighted by molar-refractivity contribution is -0.141. The number of Topliss-reactive ketones (excluding diaryl/α,β-unsaturated/α-hetero) is 1. The molecule has 0 unspecified atom stereocenters. The van der Waals surface area contributed by atoms with Crippen LogP contribution in [-0.2, 0) is 23.5 Å². The van der Waals surface area contributed by atoms with E-state index in [0.717, 1.165) is 0 Å². The summed E-state index contributed by atoms with van der Waals surface area (Å²) in [5.74, 6) is -0.588. The zero-order valence-electron chi connectivity index (χ0n) is 22.6. The summed E-state index contributed by atoms with van der Waals surface area (Å²) in [6, 6.07) is -0.299. The van der Waals surface area contributed by atoms with E-state index in [0.29, 0.717) is 0 Å². The van der Waals surface area contributed by atoms with E-state index in [1.54, 1.807) is 0 Å². The predicted octanol–water partition coefficient (Wildman–Crippen LogP) is 3.40. The smallest absolute Gasteiger partial charge is 0.410 e. The van der Waals surface area contributed by atoms with Crippen LogP contribution in [0.15, 0.2) is 25.3 Å². The van der Waals surface area contributed by atoms with E-state index in [1.165, 1.54) is 17.1 Å². The Balaban J connectivity index is 2.64. The lowest BCUT2D eigenvalue weighted by atomic mass is 9.83. The molecule has 0 spiro atoms. The monoisotopic (exact) mass is 525 g/mol. The molecule has 0 aromatic heterocycles. The number of rotatable bonds is 15. The quantitative estimate of drug-likeness (QED) is 0.191. The molecule has 0 aliphatic carbocycles. The van der Waals surface area contributed by atoms with Gasteiger partial charge in [-0.1, -0.05) is 46.1 Å². The molecule has 204 valence electrons. The van der Waals surface area contributed by atoms with Crippen LogP contribution in [-0.4, -0.2) is 82.1 Å². The number of β-lactam (4-membered cyclic amide) rings is 1. The molecule has 1 rings (SSSR count). The zero-order chi connectivity index (χ0) is 27.5. The maximum absolute atomic E-state index is 12.7. The van der Waals surface area contributed by atoms with Crippen molar-refractivity contribution in [3.8, 4) is 0 Å². The van der Waals surface area contributed by atoms with Crippen molar-refractivity contribution in [3.05, 3.63) is 25.3 Å². The number of ether oxygens (including phenoxy) is 2. The number of hydrogen-bond donors (Lipinski definition) is 2. The van der Waals surface area contributed by atoms with E-state index in [9.17, 15) is 19.2 Å². The summed E-state index contributed by atoms with van der Waals surface area (Å²) in [7, 11) is -2.07. The Labute approximate surface area is 215 Å². The molecule has 0 radical (unpaired) electrons. The number of alkyl carbamates (subject to hydrolysis) is 1. The highest BCUT2D eigenvalue weighted by Gasteiger charge is 2.47. The molecule has 2 N–H and O–H groups in total. The first-order chi connectivity index (χ1) is 16.7. The van der Waals surface area contributed by atoms with Crippen LogP contribution in [0.25, 0.3) is 0 Å². The Morgan fingerprint density at radius 1 is 1.14 bits per heavy atom. The molecule has 1 fully saturated rings. The van der Waals surface area contributed by atoms with Crippen LogP contribution in [0.3, 0.4) is 0 Å². The Morgan fingerprint density at radius 3 is 2.31 bits per heavy atom. The summed E-state index contributed by atoms with van der Waals surface area (Å²) in [5, 5.41) is 5.36. The number of ketones is 1. The number of amides is 3. The number of hydrogen-bond acceptors (Lipinski definition) is 7. The lowest BCUT2D eigenvalue weighted by Crippen LogP contribution is -2.64. The molecule has 0 bridgehead atoms. The summed E-state index contributed by atoms with van der Waals surface area (Å²) in [6.07, 6.45) is 1.58. The van der Waals surface area contributed by atoms with Gasteiger partial charge in [0.15, 0.2) is 8.32 Å². The second-order valence-corrected chi connectivity index (χ2v) is 15.1. The third kappa shape index (κ3) is 9.77. The first kappa shape index (κ1) is 31.4. The van der Waals surface area contributed by atoms with Gasteiger partial charge in [0.1, 0.15) is 19.0 Å². The van der Waals surface area contributed by atoms with E-state index < -0.39 is 20.5 Å². The van der Waals surface area contributed by atoms with Crippen LogP contribution in [0.2, 0.25) is 18.1 Å². The zero-order valence-corrected chi connectivity index (χ0v) is 23.6. The van der Waals surface area contributed by atoms with Crippen molar-refractivity contribution in [2.75, 3.05) is 32.8 Å². The normalized spacial score (nSPS) is 18.2. The number of carbonyl (C=O) groups excluding carboxylic acids is 4. The van der Waals surface area contributed by atoms with E-state index in [1.807, 2.05) is 6.92 Å². The van der Waals surface area contributed by atoms with E-state index >= 15 is 0 Å². The summed E-state index contributed by atoms with van der Waals surface area (Å²) in [4.78, 5) is 50.3. The standard InChI is InChI=1S/C25H43N3O7Si/c1-9-15-33-23(31)26-12-14-28(24(32)34-16-10-2)13-11-19(29)17-20-21(22(30)27-20)18(3)35-36(7,8)25(4,5)6/h9-10,18,20-21H,1-2,11-17H2,3-8H3,(H,26,31)(H,27,30)/t18-,20-,21-/m1/s1. The van der Waals surface area contributed by atoms with Crippen molar-refractivity contribution in [3.63, 3.8) is 0 Å². The molecule has 1 saturated heterocycles. The van der Waals surface area contributed by atoms with Gasteiger partial charge in [0.25, 0.3) is 0 Å². The van der Waals surface area contributed by atoms with Crippen molar-refractivity contribution in [2.45, 2.75) is 70.8 Å². The molecular weight excluding hydrogens is 482 g/mol. The molecule has 0 saturated carbocycles. The van der Waals surface area contributed by atoms with Crippen molar-refractivity contribution < 1.29 is 33.1 Å². The van der Waals surface area contributed by atoms with E-state index in [-0.39, 0.29) is 80.5 Å². The second-order valence-electron chi connectivity index (χ2n) is 10.4. The van der Waals surface area contributed by atoms with Gasteiger partial charge in [-0.25, -0.2) is 9.59 Å². The van der Waals surface area contributed by atoms with Gasteiger partial charge in [-0.15, -0.1) is 0 Å². The fraction of sp³-hybridized carbons (Fsp3) is 0.680. The maximum Gasteiger partial charge on any atom is 0.410 e. The van der Waals surface area contributed by atoms with Crippen LogP contribution in [0.4, 0.5) is 9.59 Å². The minimum Gasteiger partial charge on any atom is -0.445 e. The van der Waals surface area contributed by atoms with Gasteiger partial charge in [0.05, 0.1) is 12.0 Å². The molecule has 0 aromatic carbocycles. The molecule has 3 amide bonds. The van der Waals surface area contributed by atoms with Crippen molar-refractivity contribution in [2.24, 2.45) is 5.92 Å². The Morgan fingerprint density at radius 2 is 1.75 bits per heavy atom. The number of nitrogens with one attached hydrogen (secondary N) is 2. The van der Waals surface area contributed by atoms with Gasteiger partial charge in [-0.2, -0.15) is 0 Å². The largest absolute Gasteiger partial charge is 0.445 e. The van der Waals surface area contributed by atoms with Gasteiger partial charge >= 0.3 is 12.2 Å². The van der Waals surface area contributed by atoms with Gasteiger partial charge in [0.2, 0.25) is 5.91 Å². The highest BCUT2D eigenvalue weighted by molar-refractivity contribution is 6.74. The van der Waals surface area contributed by atoms with Gasteiger partial charge < -0.3 is 29.4 Å². The van der Waals surface area contributed by atoms with Gasteiger partial charge in [-0.3, -0.25) is 9.59 Å². The van der Waals surface area contributed by atoms with Crippen molar-refractivity contribution >= 4 is 32.2 Å². The molecule has 1 heterocycles. The molecule has 10 nitrogen and oxygen atoms in total. The molecule has 36 heavy (non-hydrogen) atoms. The van der Waals surface area contributed by atoms with Gasteiger partial charge in [-0.05, 0) is 25.1 Å². The minimum atomic E-state index is -2.07. The average molecular weight is 526 g/mol. The first-order valence-corrected chi connectivity index (χ1v) is 15.2. The number of carbonyl (C=O) groups is 4. The fourth-order valence-corrected chi connectivity index (χ4v) is 4.92. The maximum atomic E-state index is 12.7. The van der Waals surface area contributed by atoms with Gasteiger partial charge in [0, 0.05) is 38.5 Å². The van der Waals surface area contributed by atoms with E-state index in [4.69, 9.17) is 13.9 Å². The summed E-state index contributed by atoms with van der Waals surface area (Å²) < 4.78 is 16.3. The predicted molar refractivity (Wildman–Crippen MR) is 140 cm³/mol. The molecule has 1 aliphatic rings. The van der Waals surface area contributed by atoms with Crippen LogP contribution in [0.1, 0.15) is 40.5 Å². The fourth-order valence-electron chi connectivity index (χ4n) is 3.49. The highest BCUT2D eigenvalue weighted by Crippen LogP contribution is 2.39.